The highest BCUT2D eigenvalue weighted by Gasteiger charge is 2.32. The molecule has 2 saturated carbocycles. The van der Waals surface area contributed by atoms with E-state index in [2.05, 4.69) is 5.32 Å². The van der Waals surface area contributed by atoms with Gasteiger partial charge in [0.2, 0.25) is 0 Å². The topological polar surface area (TPSA) is 21.3 Å². The van der Waals surface area contributed by atoms with Crippen LogP contribution in [0.4, 0.5) is 0 Å². The molecule has 1 heterocycles. The van der Waals surface area contributed by atoms with Gasteiger partial charge in [-0.1, -0.05) is 44.9 Å². The largest absolute Gasteiger partial charge is 0.377 e. The van der Waals surface area contributed by atoms with E-state index in [1.807, 2.05) is 0 Å². The highest BCUT2D eigenvalue weighted by atomic mass is 16.5. The summed E-state index contributed by atoms with van der Waals surface area (Å²) in [5, 5.41) is 3.91. The summed E-state index contributed by atoms with van der Waals surface area (Å²) in [6, 6.07) is 0.789. The van der Waals surface area contributed by atoms with Crippen LogP contribution >= 0.6 is 0 Å². The Hall–Kier alpha value is -0.0800. The first-order valence-electron chi connectivity index (χ1n) is 9.28. The van der Waals surface area contributed by atoms with Gasteiger partial charge in [-0.15, -0.1) is 0 Å². The molecule has 20 heavy (non-hydrogen) atoms. The third-order valence-corrected chi connectivity index (χ3v) is 5.96. The molecule has 3 atom stereocenters. The van der Waals surface area contributed by atoms with Crippen LogP contribution in [0.2, 0.25) is 0 Å². The van der Waals surface area contributed by atoms with Crippen molar-refractivity contribution in [1.82, 2.24) is 5.32 Å². The van der Waals surface area contributed by atoms with Gasteiger partial charge in [0.05, 0.1) is 6.10 Å². The molecule has 2 heteroatoms. The maximum atomic E-state index is 5.89. The predicted octanol–water partition coefficient (Wildman–Crippen LogP) is 4.28. The molecule has 1 N–H and O–H groups in total. The highest BCUT2D eigenvalue weighted by Crippen LogP contribution is 2.38. The lowest BCUT2D eigenvalue weighted by atomic mass is 9.71. The SMILES string of the molecule is C1CCC(C2CCCCC2NCC2CCCCO2)CC1. The molecule has 0 bridgehead atoms. The third kappa shape index (κ3) is 3.98. The van der Waals surface area contributed by atoms with E-state index < -0.39 is 0 Å². The molecule has 3 rings (SSSR count). The number of ether oxygens (including phenoxy) is 1. The lowest BCUT2D eigenvalue weighted by molar-refractivity contribution is 0.0113. The molecular formula is C18H33NO. The van der Waals surface area contributed by atoms with E-state index in [9.17, 15) is 0 Å². The van der Waals surface area contributed by atoms with Gasteiger partial charge in [0.25, 0.3) is 0 Å². The Morgan fingerprint density at radius 3 is 2.30 bits per heavy atom. The summed E-state index contributed by atoms with van der Waals surface area (Å²) in [4.78, 5) is 0. The monoisotopic (exact) mass is 279 g/mol. The molecule has 116 valence electrons. The molecule has 3 aliphatic rings. The van der Waals surface area contributed by atoms with Crippen molar-refractivity contribution in [3.63, 3.8) is 0 Å². The molecular weight excluding hydrogens is 246 g/mol. The fourth-order valence-corrected chi connectivity index (χ4v) is 4.79. The van der Waals surface area contributed by atoms with Crippen LogP contribution in [-0.4, -0.2) is 25.3 Å². The summed E-state index contributed by atoms with van der Waals surface area (Å²) in [6.07, 6.45) is 17.7. The number of rotatable bonds is 4. The zero-order chi connectivity index (χ0) is 13.6. The molecule has 1 aliphatic heterocycles. The number of nitrogens with one attached hydrogen (secondary N) is 1. The fourth-order valence-electron chi connectivity index (χ4n) is 4.79. The highest BCUT2D eigenvalue weighted by molar-refractivity contribution is 4.87. The van der Waals surface area contributed by atoms with Gasteiger partial charge in [0.15, 0.2) is 0 Å². The smallest absolute Gasteiger partial charge is 0.0699 e. The number of hydrogen-bond acceptors (Lipinski definition) is 2. The van der Waals surface area contributed by atoms with Crippen molar-refractivity contribution < 1.29 is 4.74 Å². The maximum absolute atomic E-state index is 5.89. The molecule has 0 spiro atoms. The van der Waals surface area contributed by atoms with Crippen molar-refractivity contribution in [2.45, 2.75) is 89.2 Å². The van der Waals surface area contributed by atoms with Gasteiger partial charge >= 0.3 is 0 Å². The van der Waals surface area contributed by atoms with Gasteiger partial charge in [-0.05, 0) is 43.9 Å². The van der Waals surface area contributed by atoms with Crippen LogP contribution in [0.3, 0.4) is 0 Å². The quantitative estimate of drug-likeness (QED) is 0.829. The maximum Gasteiger partial charge on any atom is 0.0699 e. The Morgan fingerprint density at radius 2 is 1.50 bits per heavy atom. The Morgan fingerprint density at radius 1 is 0.750 bits per heavy atom. The van der Waals surface area contributed by atoms with Crippen LogP contribution in [0.15, 0.2) is 0 Å². The van der Waals surface area contributed by atoms with Crippen molar-refractivity contribution in [1.29, 1.82) is 0 Å². The van der Waals surface area contributed by atoms with Crippen LogP contribution in [-0.2, 0) is 4.74 Å². The first-order chi connectivity index (χ1) is 9.93. The summed E-state index contributed by atoms with van der Waals surface area (Å²) < 4.78 is 5.89. The van der Waals surface area contributed by atoms with Gasteiger partial charge in [-0.2, -0.15) is 0 Å². The van der Waals surface area contributed by atoms with Crippen LogP contribution in [0.1, 0.15) is 77.0 Å². The minimum absolute atomic E-state index is 0.498. The van der Waals surface area contributed by atoms with E-state index in [-0.39, 0.29) is 0 Å². The average Bonchev–Trinajstić information content (AvgIpc) is 2.55. The molecule has 2 nitrogen and oxygen atoms in total. The van der Waals surface area contributed by atoms with Gasteiger partial charge in [-0.3, -0.25) is 0 Å². The van der Waals surface area contributed by atoms with Gasteiger partial charge in [0, 0.05) is 19.2 Å². The fraction of sp³-hybridized carbons (Fsp3) is 1.00. The Balaban J connectivity index is 1.49. The van der Waals surface area contributed by atoms with Crippen molar-refractivity contribution in [3.8, 4) is 0 Å². The van der Waals surface area contributed by atoms with Crippen molar-refractivity contribution in [2.75, 3.05) is 13.2 Å². The van der Waals surface area contributed by atoms with Crippen molar-refractivity contribution in [2.24, 2.45) is 11.8 Å². The first kappa shape index (κ1) is 14.8. The molecule has 0 radical (unpaired) electrons. The zero-order valence-electron chi connectivity index (χ0n) is 13.1. The van der Waals surface area contributed by atoms with Crippen LogP contribution < -0.4 is 5.32 Å². The molecule has 0 aromatic rings. The summed E-state index contributed by atoms with van der Waals surface area (Å²) in [6.45, 7) is 2.09. The van der Waals surface area contributed by atoms with Crippen molar-refractivity contribution in [3.05, 3.63) is 0 Å². The van der Waals surface area contributed by atoms with Crippen LogP contribution in [0.5, 0.6) is 0 Å². The molecule has 1 saturated heterocycles. The summed E-state index contributed by atoms with van der Waals surface area (Å²) in [7, 11) is 0. The Kier molecular flexibility index (Phi) is 5.78. The van der Waals surface area contributed by atoms with Crippen LogP contribution in [0, 0.1) is 11.8 Å². The lowest BCUT2D eigenvalue weighted by Crippen LogP contribution is -2.46. The summed E-state index contributed by atoms with van der Waals surface area (Å²) in [5.74, 6) is 1.99. The minimum atomic E-state index is 0.498. The minimum Gasteiger partial charge on any atom is -0.377 e. The van der Waals surface area contributed by atoms with Gasteiger partial charge in [-0.25, -0.2) is 0 Å². The van der Waals surface area contributed by atoms with E-state index in [1.165, 1.54) is 77.0 Å². The standard InChI is InChI=1S/C18H33NO/c1-2-8-15(9-3-1)17-11-4-5-12-18(17)19-14-16-10-6-7-13-20-16/h15-19H,1-14H2. The second-order valence-electron chi connectivity index (χ2n) is 7.35. The van der Waals surface area contributed by atoms with E-state index in [0.29, 0.717) is 6.10 Å². The Bertz CT molecular complexity index is 269. The molecule has 0 amide bonds. The third-order valence-electron chi connectivity index (χ3n) is 5.96. The second-order valence-corrected chi connectivity index (χ2v) is 7.35. The molecule has 2 aliphatic carbocycles. The zero-order valence-corrected chi connectivity index (χ0v) is 13.1. The normalized spacial score (nSPS) is 36.9. The van der Waals surface area contributed by atoms with E-state index in [1.54, 1.807) is 0 Å². The van der Waals surface area contributed by atoms with Crippen LogP contribution in [0.25, 0.3) is 0 Å². The molecule has 0 aromatic carbocycles. The Labute approximate surface area is 125 Å². The van der Waals surface area contributed by atoms with E-state index in [0.717, 1.165) is 31.0 Å². The van der Waals surface area contributed by atoms with E-state index in [4.69, 9.17) is 4.74 Å². The molecule has 0 aromatic heterocycles. The average molecular weight is 279 g/mol. The molecule has 3 fully saturated rings. The predicted molar refractivity (Wildman–Crippen MR) is 83.9 cm³/mol. The van der Waals surface area contributed by atoms with Gasteiger partial charge < -0.3 is 10.1 Å². The first-order valence-corrected chi connectivity index (χ1v) is 9.28. The van der Waals surface area contributed by atoms with E-state index >= 15 is 0 Å². The lowest BCUT2D eigenvalue weighted by Gasteiger charge is -2.40. The number of hydrogen-bond donors (Lipinski definition) is 1. The summed E-state index contributed by atoms with van der Waals surface area (Å²) in [5.41, 5.74) is 0. The molecule has 3 unspecified atom stereocenters. The van der Waals surface area contributed by atoms with Gasteiger partial charge in [0.1, 0.15) is 0 Å². The summed E-state index contributed by atoms with van der Waals surface area (Å²) >= 11 is 0. The second kappa shape index (κ2) is 7.79. The van der Waals surface area contributed by atoms with Crippen molar-refractivity contribution >= 4 is 0 Å².